The molecule has 4 N–H and O–H groups in total. The average Bonchev–Trinajstić information content (AvgIpc) is 3.91. The quantitative estimate of drug-likeness (QED) is 0.102. The molecule has 2 atom stereocenters. The molecule has 0 spiro atoms. The van der Waals surface area contributed by atoms with E-state index in [-0.39, 0.29) is 47.8 Å². The van der Waals surface area contributed by atoms with E-state index in [2.05, 4.69) is 34.9 Å². The van der Waals surface area contributed by atoms with Crippen LogP contribution < -0.4 is 11.5 Å². The highest BCUT2D eigenvalue weighted by molar-refractivity contribution is 5.87. The third-order valence-electron chi connectivity index (χ3n) is 10.2. The average molecular weight is 759 g/mol. The van der Waals surface area contributed by atoms with Gasteiger partial charge >= 0.3 is 0 Å². The first kappa shape index (κ1) is 39.2. The van der Waals surface area contributed by atoms with Crippen LogP contribution in [0.5, 0.6) is 0 Å². The minimum atomic E-state index is -0.263. The summed E-state index contributed by atoms with van der Waals surface area (Å²) in [5.41, 5.74) is 17.2. The predicted molar refractivity (Wildman–Crippen MR) is 212 cm³/mol. The maximum atomic E-state index is 13.1. The summed E-state index contributed by atoms with van der Waals surface area (Å²) in [4.78, 5) is 80.6. The van der Waals surface area contributed by atoms with E-state index >= 15 is 0 Å². The Morgan fingerprint density at radius 3 is 1.73 bits per heavy atom. The van der Waals surface area contributed by atoms with Gasteiger partial charge < -0.3 is 25.2 Å². The van der Waals surface area contributed by atoms with Crippen molar-refractivity contribution in [3.05, 3.63) is 78.7 Å². The number of imidazole rings is 2. The molecule has 0 bridgehead atoms. The van der Waals surface area contributed by atoms with Gasteiger partial charge in [0.15, 0.2) is 22.9 Å². The van der Waals surface area contributed by atoms with Crippen molar-refractivity contribution in [1.29, 1.82) is 0 Å². The molecule has 290 valence electrons. The van der Waals surface area contributed by atoms with Gasteiger partial charge in [0.2, 0.25) is 0 Å². The fourth-order valence-corrected chi connectivity index (χ4v) is 6.39. The lowest BCUT2D eigenvalue weighted by Gasteiger charge is -2.11. The molecule has 6 rings (SSSR count). The molecule has 16 heteroatoms. The largest absolute Gasteiger partial charge is 0.382 e. The number of carbonyl (C=O) groups excluding carboxylic acids is 4. The second-order valence-corrected chi connectivity index (χ2v) is 14.2. The zero-order valence-corrected chi connectivity index (χ0v) is 31.8. The number of rotatable bonds is 20. The Hall–Kier alpha value is -6.45. The van der Waals surface area contributed by atoms with Crippen molar-refractivity contribution < 1.29 is 19.2 Å². The number of nitrogens with two attached hydrogens (primary N) is 2. The number of nitrogen functional groups attached to an aromatic ring is 2. The maximum Gasteiger partial charge on any atom is 0.165 e. The molecule has 0 fully saturated rings. The van der Waals surface area contributed by atoms with Gasteiger partial charge in [-0.15, -0.1) is 0 Å². The van der Waals surface area contributed by atoms with Crippen molar-refractivity contribution in [1.82, 2.24) is 43.6 Å². The molecular weight excluding hydrogens is 713 g/mol. The summed E-state index contributed by atoms with van der Waals surface area (Å²) >= 11 is 0. The number of aromatic nitrogens is 9. The fraction of sp³-hybridized carbons (Fsp3) is 0.375. The molecule has 2 unspecified atom stereocenters. The van der Waals surface area contributed by atoms with Gasteiger partial charge in [-0.2, -0.15) is 0 Å². The molecule has 0 saturated heterocycles. The number of aryl methyl sites for hydroxylation is 2. The number of ketones is 4. The van der Waals surface area contributed by atoms with Gasteiger partial charge in [0.25, 0.3) is 0 Å². The van der Waals surface area contributed by atoms with E-state index in [4.69, 9.17) is 11.5 Å². The van der Waals surface area contributed by atoms with Crippen molar-refractivity contribution in [3.8, 4) is 0 Å². The SMILES string of the molecule is CC(CCC(=O)CCn1cnc2c(N)ncnc21)C(=O)Cc1ccc(N=Cc2ccc(CC(=O)C(C)CCC(=O)CCn3cnc4c(N)ncnc43)n2C)cc1. The first-order chi connectivity index (χ1) is 27.0. The van der Waals surface area contributed by atoms with Crippen molar-refractivity contribution in [2.24, 2.45) is 23.9 Å². The van der Waals surface area contributed by atoms with Gasteiger partial charge in [0.1, 0.15) is 46.8 Å². The number of nitrogens with zero attached hydrogens (tertiary/aromatic N) is 10. The number of fused-ring (bicyclic) bond motifs is 2. The van der Waals surface area contributed by atoms with Crippen LogP contribution >= 0.6 is 0 Å². The van der Waals surface area contributed by atoms with Crippen LogP contribution in [0.15, 0.2) is 66.7 Å². The molecule has 5 aromatic heterocycles. The zero-order chi connectivity index (χ0) is 39.8. The monoisotopic (exact) mass is 758 g/mol. The minimum absolute atomic E-state index is 0.0696. The molecule has 0 radical (unpaired) electrons. The van der Waals surface area contributed by atoms with Gasteiger partial charge in [0, 0.05) is 76.2 Å². The van der Waals surface area contributed by atoms with E-state index in [0.29, 0.717) is 85.6 Å². The van der Waals surface area contributed by atoms with Gasteiger partial charge in [-0.3, -0.25) is 24.2 Å². The lowest BCUT2D eigenvalue weighted by molar-refractivity contribution is -0.124. The predicted octanol–water partition coefficient (Wildman–Crippen LogP) is 4.59. The number of Topliss-reactive ketones (excluding diaryl/α,β-unsaturated/α-hetero) is 4. The Labute approximate surface area is 323 Å². The van der Waals surface area contributed by atoms with Gasteiger partial charge in [-0.1, -0.05) is 26.0 Å². The second kappa shape index (κ2) is 17.8. The molecule has 0 amide bonds. The van der Waals surface area contributed by atoms with E-state index < -0.39 is 0 Å². The van der Waals surface area contributed by atoms with Crippen LogP contribution in [-0.4, -0.2) is 73.0 Å². The molecule has 5 heterocycles. The molecule has 0 aliphatic rings. The van der Waals surface area contributed by atoms with Crippen molar-refractivity contribution in [3.63, 3.8) is 0 Å². The van der Waals surface area contributed by atoms with Crippen LogP contribution in [-0.2, 0) is 52.2 Å². The second-order valence-electron chi connectivity index (χ2n) is 14.2. The number of hydrogen-bond donors (Lipinski definition) is 2. The number of hydrogen-bond acceptors (Lipinski definition) is 13. The van der Waals surface area contributed by atoms with Crippen molar-refractivity contribution in [2.45, 2.75) is 78.3 Å². The number of benzene rings is 1. The van der Waals surface area contributed by atoms with E-state index in [1.807, 2.05) is 61.9 Å². The highest BCUT2D eigenvalue weighted by atomic mass is 16.1. The molecule has 1 aromatic carbocycles. The van der Waals surface area contributed by atoms with E-state index in [1.165, 1.54) is 12.7 Å². The molecule has 0 aliphatic heterocycles. The normalized spacial score (nSPS) is 12.8. The molecule has 6 aromatic rings. The standard InChI is InChI=1S/C40H46N12O4/c1-25(4-12-31(53)14-16-51-23-48-35-37(41)44-21-46-39(35)51)33(55)18-27-6-8-28(9-7-27)43-20-30-11-10-29(50(30)3)19-34(56)26(2)5-13-32(54)15-17-52-24-49-36-38(42)45-22-47-40(36)52/h6-11,20-26H,4-5,12-19H2,1-3H3,(H2,41,44,46)(H2,42,45,47). The number of carbonyl (C=O) groups is 4. The number of anilines is 2. The maximum absolute atomic E-state index is 13.1. The van der Waals surface area contributed by atoms with Gasteiger partial charge in [0.05, 0.1) is 30.3 Å². The summed E-state index contributed by atoms with van der Waals surface area (Å²) in [6.07, 6.45) is 10.5. The fourth-order valence-electron chi connectivity index (χ4n) is 6.39. The highest BCUT2D eigenvalue weighted by Crippen LogP contribution is 2.20. The van der Waals surface area contributed by atoms with Crippen LogP contribution in [0.3, 0.4) is 0 Å². The van der Waals surface area contributed by atoms with Crippen LogP contribution in [0.2, 0.25) is 0 Å². The number of aliphatic imine (C=N–C) groups is 1. The Balaban J connectivity index is 0.903. The smallest absolute Gasteiger partial charge is 0.165 e. The minimum Gasteiger partial charge on any atom is -0.382 e. The van der Waals surface area contributed by atoms with Gasteiger partial charge in [-0.05, 0) is 42.7 Å². The molecule has 0 aliphatic carbocycles. The molecule has 16 nitrogen and oxygen atoms in total. The summed E-state index contributed by atoms with van der Waals surface area (Å²) in [6.45, 7) is 4.59. The van der Waals surface area contributed by atoms with Crippen LogP contribution in [0, 0.1) is 11.8 Å². The van der Waals surface area contributed by atoms with E-state index in [9.17, 15) is 19.2 Å². The van der Waals surface area contributed by atoms with Crippen LogP contribution in [0.4, 0.5) is 17.3 Å². The first-order valence-electron chi connectivity index (χ1n) is 18.7. The lowest BCUT2D eigenvalue weighted by Crippen LogP contribution is -2.17. The van der Waals surface area contributed by atoms with Crippen molar-refractivity contribution in [2.75, 3.05) is 11.5 Å². The molecule has 0 saturated carbocycles. The Bertz CT molecular complexity index is 2390. The van der Waals surface area contributed by atoms with Crippen LogP contribution in [0.1, 0.15) is 69.3 Å². The summed E-state index contributed by atoms with van der Waals surface area (Å²) in [6, 6.07) is 11.3. The van der Waals surface area contributed by atoms with Gasteiger partial charge in [-0.25, -0.2) is 29.9 Å². The van der Waals surface area contributed by atoms with E-state index in [0.717, 1.165) is 22.6 Å². The summed E-state index contributed by atoms with van der Waals surface area (Å²) in [5.74, 6) is 0.378. The third kappa shape index (κ3) is 9.61. The lowest BCUT2D eigenvalue weighted by atomic mass is 9.94. The molecular formula is C40H46N12O4. The van der Waals surface area contributed by atoms with Crippen LogP contribution in [0.25, 0.3) is 22.3 Å². The third-order valence-corrected chi connectivity index (χ3v) is 10.2. The Kier molecular flexibility index (Phi) is 12.5. The molecule has 56 heavy (non-hydrogen) atoms. The highest BCUT2D eigenvalue weighted by Gasteiger charge is 2.19. The van der Waals surface area contributed by atoms with Crippen molar-refractivity contribution >= 4 is 69.0 Å². The Morgan fingerprint density at radius 1 is 0.679 bits per heavy atom. The summed E-state index contributed by atoms with van der Waals surface area (Å²) in [5, 5.41) is 0. The Morgan fingerprint density at radius 2 is 1.20 bits per heavy atom. The summed E-state index contributed by atoms with van der Waals surface area (Å²) in [7, 11) is 1.90. The zero-order valence-electron chi connectivity index (χ0n) is 31.8. The topological polar surface area (TPSA) is 225 Å². The van der Waals surface area contributed by atoms with E-state index in [1.54, 1.807) is 28.0 Å². The summed E-state index contributed by atoms with van der Waals surface area (Å²) < 4.78 is 5.51. The first-order valence-corrected chi connectivity index (χ1v) is 18.7.